The van der Waals surface area contributed by atoms with Gasteiger partial charge in [0.1, 0.15) is 23.1 Å². The predicted molar refractivity (Wildman–Crippen MR) is 110 cm³/mol. The maximum atomic E-state index is 6.28. The molecular formula is C19H16Cl2N6. The van der Waals surface area contributed by atoms with Crippen LogP contribution < -0.4 is 11.1 Å². The van der Waals surface area contributed by atoms with Gasteiger partial charge in [0.05, 0.1) is 5.39 Å². The molecular weight excluding hydrogens is 383 g/mol. The van der Waals surface area contributed by atoms with Gasteiger partial charge in [-0.1, -0.05) is 29.3 Å². The van der Waals surface area contributed by atoms with Gasteiger partial charge in [-0.05, 0) is 36.8 Å². The van der Waals surface area contributed by atoms with Crippen LogP contribution in [0.1, 0.15) is 11.4 Å². The number of aromatic amines is 1. The first kappa shape index (κ1) is 17.6. The van der Waals surface area contributed by atoms with E-state index in [2.05, 4.69) is 25.3 Å². The molecule has 0 unspecified atom stereocenters. The summed E-state index contributed by atoms with van der Waals surface area (Å²) in [6.45, 7) is 2.28. The molecule has 4 aromatic rings. The number of pyridine rings is 1. The summed E-state index contributed by atoms with van der Waals surface area (Å²) in [4.78, 5) is 16.3. The number of H-pyrrole nitrogens is 1. The minimum absolute atomic E-state index is 0.438. The third kappa shape index (κ3) is 3.41. The second-order valence-electron chi connectivity index (χ2n) is 6.07. The molecule has 0 aliphatic heterocycles. The predicted octanol–water partition coefficient (Wildman–Crippen LogP) is 4.83. The highest BCUT2D eigenvalue weighted by atomic mass is 35.5. The van der Waals surface area contributed by atoms with Crippen molar-refractivity contribution >= 4 is 45.9 Å². The molecule has 0 amide bonds. The number of rotatable bonds is 4. The van der Waals surface area contributed by atoms with Crippen LogP contribution in [0.25, 0.3) is 22.2 Å². The Kier molecular flexibility index (Phi) is 4.59. The van der Waals surface area contributed by atoms with E-state index < -0.39 is 0 Å². The lowest BCUT2D eigenvalue weighted by Crippen LogP contribution is -2.05. The molecule has 136 valence electrons. The first-order valence-corrected chi connectivity index (χ1v) is 9.03. The largest absolute Gasteiger partial charge is 0.384 e. The van der Waals surface area contributed by atoms with Crippen molar-refractivity contribution in [3.63, 3.8) is 0 Å². The number of hydrogen-bond acceptors (Lipinski definition) is 5. The zero-order chi connectivity index (χ0) is 19.0. The van der Waals surface area contributed by atoms with E-state index in [-0.39, 0.29) is 0 Å². The van der Waals surface area contributed by atoms with Crippen LogP contribution in [0.15, 0.2) is 42.7 Å². The van der Waals surface area contributed by atoms with Gasteiger partial charge in [0.2, 0.25) is 0 Å². The van der Waals surface area contributed by atoms with Gasteiger partial charge < -0.3 is 16.0 Å². The maximum absolute atomic E-state index is 6.28. The Morgan fingerprint density at radius 1 is 1.15 bits per heavy atom. The van der Waals surface area contributed by atoms with Crippen molar-refractivity contribution < 1.29 is 0 Å². The van der Waals surface area contributed by atoms with Crippen molar-refractivity contribution in [2.24, 2.45) is 0 Å². The third-order valence-electron chi connectivity index (χ3n) is 4.23. The number of anilines is 2. The molecule has 6 nitrogen and oxygen atoms in total. The highest BCUT2D eigenvalue weighted by Gasteiger charge is 2.15. The van der Waals surface area contributed by atoms with Crippen LogP contribution in [-0.4, -0.2) is 19.9 Å². The van der Waals surface area contributed by atoms with E-state index in [9.17, 15) is 0 Å². The van der Waals surface area contributed by atoms with E-state index in [0.29, 0.717) is 34.1 Å². The summed E-state index contributed by atoms with van der Waals surface area (Å²) in [5, 5.41) is 5.43. The van der Waals surface area contributed by atoms with Crippen molar-refractivity contribution in [3.8, 4) is 11.1 Å². The van der Waals surface area contributed by atoms with Crippen molar-refractivity contribution in [1.82, 2.24) is 19.9 Å². The van der Waals surface area contributed by atoms with Crippen LogP contribution in [0.2, 0.25) is 10.0 Å². The smallest absolute Gasteiger partial charge is 0.143 e. The molecule has 0 bridgehead atoms. The van der Waals surface area contributed by atoms with Crippen LogP contribution in [0.3, 0.4) is 0 Å². The van der Waals surface area contributed by atoms with Gasteiger partial charge in [0.25, 0.3) is 0 Å². The summed E-state index contributed by atoms with van der Waals surface area (Å²) in [6.07, 6.45) is 3.57. The molecule has 4 rings (SSSR count). The van der Waals surface area contributed by atoms with Gasteiger partial charge in [-0.15, -0.1) is 0 Å². The number of nitrogens with two attached hydrogens (primary N) is 1. The van der Waals surface area contributed by atoms with Crippen molar-refractivity contribution in [1.29, 1.82) is 0 Å². The lowest BCUT2D eigenvalue weighted by atomic mass is 10.1. The van der Waals surface area contributed by atoms with Crippen LogP contribution in [-0.2, 0) is 6.54 Å². The number of nitrogens with zero attached hydrogens (tertiary/aromatic N) is 3. The van der Waals surface area contributed by atoms with Gasteiger partial charge >= 0.3 is 0 Å². The minimum atomic E-state index is 0.438. The molecule has 0 saturated heterocycles. The summed E-state index contributed by atoms with van der Waals surface area (Å²) in [7, 11) is 0. The van der Waals surface area contributed by atoms with Gasteiger partial charge in [0, 0.05) is 40.1 Å². The Morgan fingerprint density at radius 2 is 1.93 bits per heavy atom. The Balaban J connectivity index is 1.79. The van der Waals surface area contributed by atoms with E-state index in [0.717, 1.165) is 27.7 Å². The molecule has 4 N–H and O–H groups in total. The second-order valence-corrected chi connectivity index (χ2v) is 6.88. The zero-order valence-electron chi connectivity index (χ0n) is 14.4. The number of nitrogen functional groups attached to an aromatic ring is 1. The normalized spacial score (nSPS) is 11.1. The lowest BCUT2D eigenvalue weighted by Gasteiger charge is -2.12. The summed E-state index contributed by atoms with van der Waals surface area (Å²) >= 11 is 12.6. The number of aryl methyl sites for hydroxylation is 1. The molecule has 0 spiro atoms. The first-order chi connectivity index (χ1) is 13.0. The zero-order valence-corrected chi connectivity index (χ0v) is 15.9. The van der Waals surface area contributed by atoms with E-state index in [1.807, 2.05) is 43.5 Å². The highest BCUT2D eigenvalue weighted by molar-refractivity contribution is 6.36. The quantitative estimate of drug-likeness (QED) is 0.457. The monoisotopic (exact) mass is 398 g/mol. The van der Waals surface area contributed by atoms with Crippen molar-refractivity contribution in [3.05, 3.63) is 64.2 Å². The summed E-state index contributed by atoms with van der Waals surface area (Å²) in [5.41, 5.74) is 9.26. The number of fused-ring (bicyclic) bond motifs is 1. The van der Waals surface area contributed by atoms with E-state index >= 15 is 0 Å². The molecule has 0 aliphatic carbocycles. The summed E-state index contributed by atoms with van der Waals surface area (Å²) in [5.74, 6) is 1.80. The minimum Gasteiger partial charge on any atom is -0.384 e. The Hall–Kier alpha value is -2.83. The molecule has 0 saturated carbocycles. The lowest BCUT2D eigenvalue weighted by molar-refractivity contribution is 1.05. The maximum Gasteiger partial charge on any atom is 0.143 e. The number of benzene rings is 1. The molecule has 3 aromatic heterocycles. The third-order valence-corrected chi connectivity index (χ3v) is 4.94. The number of aromatic nitrogens is 4. The fraction of sp³-hybridized carbons (Fsp3) is 0.105. The number of halogens is 2. The van der Waals surface area contributed by atoms with Crippen LogP contribution in [0.4, 0.5) is 11.6 Å². The van der Waals surface area contributed by atoms with E-state index in [4.69, 9.17) is 28.9 Å². The highest BCUT2D eigenvalue weighted by Crippen LogP contribution is 2.33. The Morgan fingerprint density at radius 3 is 2.67 bits per heavy atom. The average molecular weight is 399 g/mol. The summed E-state index contributed by atoms with van der Waals surface area (Å²) in [6, 6.07) is 9.16. The SMILES string of the molecule is Cc1nc(NCc2c(Cl)cccc2Cl)c2c(-c3ccnc(N)c3)c[nH]c2n1. The molecule has 8 heteroatoms. The molecule has 0 atom stereocenters. The summed E-state index contributed by atoms with van der Waals surface area (Å²) < 4.78 is 0. The molecule has 0 aliphatic rings. The van der Waals surface area contributed by atoms with Gasteiger partial charge in [-0.25, -0.2) is 15.0 Å². The fourth-order valence-corrected chi connectivity index (χ4v) is 3.52. The van der Waals surface area contributed by atoms with Crippen molar-refractivity contribution in [2.75, 3.05) is 11.1 Å². The van der Waals surface area contributed by atoms with E-state index in [1.165, 1.54) is 0 Å². The molecule has 1 aromatic carbocycles. The molecule has 0 fully saturated rings. The molecule has 27 heavy (non-hydrogen) atoms. The van der Waals surface area contributed by atoms with Gasteiger partial charge in [0.15, 0.2) is 0 Å². The van der Waals surface area contributed by atoms with Gasteiger partial charge in [-0.2, -0.15) is 0 Å². The molecule has 0 radical (unpaired) electrons. The first-order valence-electron chi connectivity index (χ1n) is 8.27. The van der Waals surface area contributed by atoms with Crippen LogP contribution >= 0.6 is 23.2 Å². The average Bonchev–Trinajstić information content (AvgIpc) is 3.05. The Bertz CT molecular complexity index is 1120. The standard InChI is InChI=1S/C19H16Cl2N6/c1-10-26-18-17(12(8-24-18)11-5-6-23-16(22)7-11)19(27-10)25-9-13-14(20)3-2-4-15(13)21/h2-8H,9H2,1H3,(H2,22,23)(H2,24,25,26,27). The van der Waals surface area contributed by atoms with Gasteiger partial charge in [-0.3, -0.25) is 0 Å². The molecule has 3 heterocycles. The fourth-order valence-electron chi connectivity index (χ4n) is 2.99. The topological polar surface area (TPSA) is 92.5 Å². The number of nitrogens with one attached hydrogen (secondary N) is 2. The van der Waals surface area contributed by atoms with Crippen LogP contribution in [0, 0.1) is 6.92 Å². The van der Waals surface area contributed by atoms with E-state index in [1.54, 1.807) is 6.20 Å². The number of hydrogen-bond donors (Lipinski definition) is 3. The second kappa shape index (κ2) is 7.06. The Labute approximate surface area is 165 Å². The van der Waals surface area contributed by atoms with Crippen LogP contribution in [0.5, 0.6) is 0 Å². The van der Waals surface area contributed by atoms with Crippen molar-refractivity contribution in [2.45, 2.75) is 13.5 Å².